The molecule has 0 bridgehead atoms. The molecule has 0 atom stereocenters. The fraction of sp³-hybridized carbons (Fsp3) is 0.421. The average Bonchev–Trinajstić information content (AvgIpc) is 3.18. The van der Waals surface area contributed by atoms with E-state index in [1.807, 2.05) is 47.3 Å². The molecule has 0 spiro atoms. The van der Waals surface area contributed by atoms with E-state index in [0.717, 1.165) is 43.3 Å². The standard InChI is InChI=1S/C19H25N5O2.HI/c1-20-19(23-11-8-15(9-12-23)18(25)26-2)21-14-16-10-13-24(22-16)17-6-4-3-5-7-17;/h3-7,10,13,15H,8-9,11-12,14H2,1-2H3,(H,20,21);1H. The van der Waals surface area contributed by atoms with Gasteiger partial charge >= 0.3 is 5.97 Å². The van der Waals surface area contributed by atoms with E-state index in [1.165, 1.54) is 7.11 Å². The van der Waals surface area contributed by atoms with Crippen LogP contribution in [-0.4, -0.2) is 53.9 Å². The first-order valence-electron chi connectivity index (χ1n) is 8.84. The maximum absolute atomic E-state index is 11.6. The van der Waals surface area contributed by atoms with Crippen LogP contribution in [0.2, 0.25) is 0 Å². The second kappa shape index (κ2) is 10.3. The molecule has 146 valence electrons. The molecule has 0 aliphatic carbocycles. The maximum atomic E-state index is 11.6. The van der Waals surface area contributed by atoms with Crippen LogP contribution in [0.15, 0.2) is 47.6 Å². The Kier molecular flexibility index (Phi) is 8.08. The lowest BCUT2D eigenvalue weighted by Crippen LogP contribution is -2.46. The summed E-state index contributed by atoms with van der Waals surface area (Å²) in [5.74, 6) is 0.720. The Hall–Kier alpha value is -2.10. The smallest absolute Gasteiger partial charge is 0.308 e. The highest BCUT2D eigenvalue weighted by molar-refractivity contribution is 14.0. The van der Waals surface area contributed by atoms with Gasteiger partial charge in [0, 0.05) is 26.3 Å². The van der Waals surface area contributed by atoms with Crippen LogP contribution in [0, 0.1) is 5.92 Å². The SMILES string of the molecule is CN=C(NCc1ccn(-c2ccccc2)n1)N1CCC(C(=O)OC)CC1.I. The van der Waals surface area contributed by atoms with E-state index in [2.05, 4.69) is 20.3 Å². The number of esters is 1. The number of benzene rings is 1. The van der Waals surface area contributed by atoms with Crippen molar-refractivity contribution in [3.8, 4) is 5.69 Å². The largest absolute Gasteiger partial charge is 0.469 e. The molecule has 0 saturated carbocycles. The number of hydrogen-bond donors (Lipinski definition) is 1. The summed E-state index contributed by atoms with van der Waals surface area (Å²) in [6.07, 6.45) is 3.53. The molecule has 0 amide bonds. The first-order valence-corrected chi connectivity index (χ1v) is 8.84. The number of likely N-dealkylation sites (tertiary alicyclic amines) is 1. The molecule has 2 aromatic rings. The van der Waals surface area contributed by atoms with Gasteiger partial charge in [-0.1, -0.05) is 18.2 Å². The molecule has 3 rings (SSSR count). The number of nitrogens with zero attached hydrogens (tertiary/aromatic N) is 4. The first kappa shape index (κ1) is 21.2. The summed E-state index contributed by atoms with van der Waals surface area (Å²) in [6.45, 7) is 2.18. The molecule has 1 N–H and O–H groups in total. The molecule has 1 saturated heterocycles. The number of aromatic nitrogens is 2. The summed E-state index contributed by atoms with van der Waals surface area (Å²) in [4.78, 5) is 18.2. The number of para-hydroxylation sites is 1. The fourth-order valence-corrected chi connectivity index (χ4v) is 3.18. The van der Waals surface area contributed by atoms with E-state index in [-0.39, 0.29) is 35.9 Å². The molecule has 1 aromatic heterocycles. The lowest BCUT2D eigenvalue weighted by Gasteiger charge is -2.33. The molecule has 7 nitrogen and oxygen atoms in total. The number of rotatable bonds is 4. The van der Waals surface area contributed by atoms with Crippen molar-refractivity contribution < 1.29 is 9.53 Å². The number of halogens is 1. The molecule has 2 heterocycles. The summed E-state index contributed by atoms with van der Waals surface area (Å²) >= 11 is 0. The van der Waals surface area contributed by atoms with Gasteiger partial charge < -0.3 is 15.0 Å². The zero-order valence-electron chi connectivity index (χ0n) is 15.7. The van der Waals surface area contributed by atoms with Crippen molar-refractivity contribution in [2.24, 2.45) is 10.9 Å². The summed E-state index contributed by atoms with van der Waals surface area (Å²) in [7, 11) is 3.22. The van der Waals surface area contributed by atoms with Gasteiger partial charge in [-0.05, 0) is 31.0 Å². The van der Waals surface area contributed by atoms with Gasteiger partial charge in [-0.3, -0.25) is 9.79 Å². The van der Waals surface area contributed by atoms with Gasteiger partial charge in [0.1, 0.15) is 0 Å². The molecular formula is C19H26IN5O2. The van der Waals surface area contributed by atoms with E-state index in [4.69, 9.17) is 4.74 Å². The minimum Gasteiger partial charge on any atom is -0.469 e. The third-order valence-electron chi connectivity index (χ3n) is 4.63. The molecule has 1 aliphatic heterocycles. The van der Waals surface area contributed by atoms with Crippen molar-refractivity contribution in [2.75, 3.05) is 27.2 Å². The van der Waals surface area contributed by atoms with Crippen molar-refractivity contribution in [1.29, 1.82) is 0 Å². The molecule has 8 heteroatoms. The molecule has 27 heavy (non-hydrogen) atoms. The number of aliphatic imine (C=N–C) groups is 1. The zero-order valence-corrected chi connectivity index (χ0v) is 18.0. The minimum atomic E-state index is -0.112. The zero-order chi connectivity index (χ0) is 18.4. The van der Waals surface area contributed by atoms with Gasteiger partial charge in [0.2, 0.25) is 0 Å². The van der Waals surface area contributed by atoms with Gasteiger partial charge in [-0.2, -0.15) is 5.10 Å². The molecule has 1 aromatic carbocycles. The normalized spacial score (nSPS) is 15.2. The summed E-state index contributed by atoms with van der Waals surface area (Å²) in [5.41, 5.74) is 1.98. The summed E-state index contributed by atoms with van der Waals surface area (Å²) in [6, 6.07) is 12.0. The van der Waals surface area contributed by atoms with Crippen molar-refractivity contribution >= 4 is 35.9 Å². The van der Waals surface area contributed by atoms with Crippen LogP contribution in [0.3, 0.4) is 0 Å². The Morgan fingerprint density at radius 2 is 1.96 bits per heavy atom. The van der Waals surface area contributed by atoms with Gasteiger partial charge in [0.25, 0.3) is 0 Å². The molecular weight excluding hydrogens is 457 g/mol. The average molecular weight is 483 g/mol. The van der Waals surface area contributed by atoms with Crippen LogP contribution >= 0.6 is 24.0 Å². The van der Waals surface area contributed by atoms with Crippen molar-refractivity contribution in [3.05, 3.63) is 48.3 Å². The third-order valence-corrected chi connectivity index (χ3v) is 4.63. The highest BCUT2D eigenvalue weighted by Crippen LogP contribution is 2.18. The molecule has 0 unspecified atom stereocenters. The predicted octanol–water partition coefficient (Wildman–Crippen LogP) is 2.45. The Labute approximate surface area is 176 Å². The van der Waals surface area contributed by atoms with E-state index in [0.29, 0.717) is 6.54 Å². The van der Waals surface area contributed by atoms with Crippen LogP contribution in [0.25, 0.3) is 5.69 Å². The van der Waals surface area contributed by atoms with Gasteiger partial charge in [-0.25, -0.2) is 4.68 Å². The minimum absolute atomic E-state index is 0. The molecule has 1 aliphatic rings. The van der Waals surface area contributed by atoms with Crippen LogP contribution < -0.4 is 5.32 Å². The van der Waals surface area contributed by atoms with Crippen LogP contribution in [0.4, 0.5) is 0 Å². The quantitative estimate of drug-likeness (QED) is 0.313. The topological polar surface area (TPSA) is 71.8 Å². The third kappa shape index (κ3) is 5.44. The maximum Gasteiger partial charge on any atom is 0.308 e. The molecule has 1 fully saturated rings. The summed E-state index contributed by atoms with van der Waals surface area (Å²) < 4.78 is 6.70. The number of nitrogens with one attached hydrogen (secondary N) is 1. The number of guanidine groups is 1. The number of hydrogen-bond acceptors (Lipinski definition) is 4. The van der Waals surface area contributed by atoms with Crippen molar-refractivity contribution in [1.82, 2.24) is 20.0 Å². The lowest BCUT2D eigenvalue weighted by atomic mass is 9.97. The van der Waals surface area contributed by atoms with Crippen molar-refractivity contribution in [2.45, 2.75) is 19.4 Å². The number of piperidine rings is 1. The van der Waals surface area contributed by atoms with Crippen molar-refractivity contribution in [3.63, 3.8) is 0 Å². The Balaban J connectivity index is 0.00000261. The Bertz CT molecular complexity index is 754. The second-order valence-corrected chi connectivity index (χ2v) is 6.27. The van der Waals surface area contributed by atoms with E-state index in [1.54, 1.807) is 7.05 Å². The first-order chi connectivity index (χ1) is 12.7. The lowest BCUT2D eigenvalue weighted by molar-refractivity contribution is -0.146. The summed E-state index contributed by atoms with van der Waals surface area (Å²) in [5, 5.41) is 7.96. The predicted molar refractivity (Wildman–Crippen MR) is 115 cm³/mol. The number of methoxy groups -OCH3 is 1. The number of ether oxygens (including phenoxy) is 1. The van der Waals surface area contributed by atoms with E-state index >= 15 is 0 Å². The highest BCUT2D eigenvalue weighted by atomic mass is 127. The van der Waals surface area contributed by atoms with Crippen LogP contribution in [0.5, 0.6) is 0 Å². The Morgan fingerprint density at radius 3 is 2.59 bits per heavy atom. The van der Waals surface area contributed by atoms with Crippen LogP contribution in [-0.2, 0) is 16.1 Å². The molecule has 0 radical (unpaired) electrons. The number of carbonyl (C=O) groups is 1. The van der Waals surface area contributed by atoms with Gasteiger partial charge in [0.15, 0.2) is 5.96 Å². The van der Waals surface area contributed by atoms with E-state index < -0.39 is 0 Å². The fourth-order valence-electron chi connectivity index (χ4n) is 3.18. The monoisotopic (exact) mass is 483 g/mol. The second-order valence-electron chi connectivity index (χ2n) is 6.27. The van der Waals surface area contributed by atoms with Gasteiger partial charge in [0.05, 0.1) is 31.0 Å². The highest BCUT2D eigenvalue weighted by Gasteiger charge is 2.26. The van der Waals surface area contributed by atoms with E-state index in [9.17, 15) is 4.79 Å². The van der Waals surface area contributed by atoms with Gasteiger partial charge in [-0.15, -0.1) is 24.0 Å². The number of carbonyl (C=O) groups excluding carboxylic acids is 1. The Morgan fingerprint density at radius 1 is 1.26 bits per heavy atom. The van der Waals surface area contributed by atoms with Crippen LogP contribution in [0.1, 0.15) is 18.5 Å².